The van der Waals surface area contributed by atoms with E-state index < -0.39 is 9.57 Å². The SMILES string of the molecule is O=[N+]([O-])c1cccc2c1[N+]1([O-])C=c3ccccc3=CC1=[N+]2[O-]. The van der Waals surface area contributed by atoms with E-state index in [9.17, 15) is 20.5 Å². The monoisotopic (exact) mass is 295 g/mol. The van der Waals surface area contributed by atoms with E-state index in [-0.39, 0.29) is 22.9 Å². The van der Waals surface area contributed by atoms with Crippen LogP contribution in [-0.2, 0) is 0 Å². The van der Waals surface area contributed by atoms with Crippen LogP contribution in [0.1, 0.15) is 0 Å². The van der Waals surface area contributed by atoms with Gasteiger partial charge in [0.05, 0.1) is 11.0 Å². The van der Waals surface area contributed by atoms with Gasteiger partial charge < -0.3 is 10.4 Å². The maximum atomic E-state index is 13.3. The van der Waals surface area contributed by atoms with Crippen LogP contribution in [0.15, 0.2) is 42.5 Å². The van der Waals surface area contributed by atoms with Crippen LogP contribution in [-0.4, -0.2) is 15.5 Å². The normalized spacial score (nSPS) is 21.3. The second-order valence-corrected chi connectivity index (χ2v) is 5.11. The summed E-state index contributed by atoms with van der Waals surface area (Å²) in [5.74, 6) is -0.0944. The highest BCUT2D eigenvalue weighted by Crippen LogP contribution is 2.46. The lowest BCUT2D eigenvalue weighted by Crippen LogP contribution is -2.49. The molecular formula is C15H9N3O4. The quantitative estimate of drug-likeness (QED) is 0.260. The Morgan fingerprint density at radius 1 is 1.05 bits per heavy atom. The Labute approximate surface area is 123 Å². The summed E-state index contributed by atoms with van der Waals surface area (Å²) < 4.78 is -0.769. The van der Waals surface area contributed by atoms with Gasteiger partial charge in [0, 0.05) is 17.4 Å². The Hall–Kier alpha value is -3.03. The fraction of sp³-hybridized carbons (Fsp3) is 0. The first-order valence-electron chi connectivity index (χ1n) is 6.54. The number of amidine groups is 1. The second kappa shape index (κ2) is 4.00. The predicted molar refractivity (Wildman–Crippen MR) is 81.2 cm³/mol. The van der Waals surface area contributed by atoms with Gasteiger partial charge in [-0.1, -0.05) is 18.2 Å². The van der Waals surface area contributed by atoms with Crippen LogP contribution in [0.2, 0.25) is 0 Å². The summed E-state index contributed by atoms with van der Waals surface area (Å²) in [6, 6.07) is 11.2. The first-order valence-corrected chi connectivity index (χ1v) is 6.54. The zero-order valence-corrected chi connectivity index (χ0v) is 11.2. The molecule has 2 aromatic carbocycles. The van der Waals surface area contributed by atoms with Crippen molar-refractivity contribution in [2.45, 2.75) is 0 Å². The van der Waals surface area contributed by atoms with Crippen LogP contribution in [0.25, 0.3) is 12.3 Å². The minimum Gasteiger partial charge on any atom is -0.614 e. The number of rotatable bonds is 1. The maximum absolute atomic E-state index is 13.3. The van der Waals surface area contributed by atoms with Crippen molar-refractivity contribution in [3.63, 3.8) is 0 Å². The molecule has 108 valence electrons. The van der Waals surface area contributed by atoms with Crippen molar-refractivity contribution in [2.75, 3.05) is 0 Å². The van der Waals surface area contributed by atoms with Crippen LogP contribution < -0.4 is 15.1 Å². The molecule has 0 fully saturated rings. The van der Waals surface area contributed by atoms with Crippen LogP contribution in [0.4, 0.5) is 17.1 Å². The number of nitro groups is 1. The number of nitrogens with zero attached hydrogens (tertiary/aromatic N) is 3. The Balaban J connectivity index is 2.15. The Morgan fingerprint density at radius 3 is 2.50 bits per heavy atom. The molecule has 0 saturated carbocycles. The van der Waals surface area contributed by atoms with Crippen LogP contribution >= 0.6 is 0 Å². The summed E-state index contributed by atoms with van der Waals surface area (Å²) in [7, 11) is 0. The largest absolute Gasteiger partial charge is 0.614 e. The fourth-order valence-electron chi connectivity index (χ4n) is 2.92. The number of para-hydroxylation sites is 1. The molecule has 0 bridgehead atoms. The van der Waals surface area contributed by atoms with Crippen molar-refractivity contribution >= 4 is 35.2 Å². The van der Waals surface area contributed by atoms with Gasteiger partial charge >= 0.3 is 11.5 Å². The van der Waals surface area contributed by atoms with Crippen molar-refractivity contribution in [1.82, 2.24) is 4.65 Å². The van der Waals surface area contributed by atoms with E-state index >= 15 is 0 Å². The highest BCUT2D eigenvalue weighted by Gasteiger charge is 2.50. The lowest BCUT2D eigenvalue weighted by molar-refractivity contribution is -0.385. The molecule has 2 aliphatic heterocycles. The number of nitro benzene ring substituents is 1. The molecule has 0 aromatic heterocycles. The molecule has 22 heavy (non-hydrogen) atoms. The number of benzene rings is 2. The van der Waals surface area contributed by atoms with Gasteiger partial charge in [0.2, 0.25) is 0 Å². The molecule has 0 saturated heterocycles. The number of quaternary nitrogens is 1. The molecule has 1 unspecified atom stereocenters. The topological polar surface area (TPSA) is 92.3 Å². The third kappa shape index (κ3) is 1.43. The molecule has 7 heteroatoms. The van der Waals surface area contributed by atoms with Crippen molar-refractivity contribution < 1.29 is 9.66 Å². The van der Waals surface area contributed by atoms with E-state index in [1.165, 1.54) is 30.5 Å². The van der Waals surface area contributed by atoms with Gasteiger partial charge in [-0.3, -0.25) is 10.1 Å². The van der Waals surface area contributed by atoms with E-state index in [1.54, 1.807) is 24.3 Å². The predicted octanol–water partition coefficient (Wildman–Crippen LogP) is 1.19. The molecule has 1 atom stereocenters. The lowest BCUT2D eigenvalue weighted by Gasteiger charge is -2.30. The van der Waals surface area contributed by atoms with Gasteiger partial charge in [0.15, 0.2) is 0 Å². The minimum atomic E-state index is -1.24. The zero-order chi connectivity index (χ0) is 15.5. The first kappa shape index (κ1) is 12.7. The smallest absolute Gasteiger partial charge is 0.391 e. The summed E-state index contributed by atoms with van der Waals surface area (Å²) in [6.45, 7) is 0. The standard InChI is InChI=1S/C15H9N3O4/c19-16-12-6-3-7-13(17(20)21)15(12)18(22)9-11-5-2-1-4-10(11)8-14(16)18/h1-9H. The second-order valence-electron chi connectivity index (χ2n) is 5.11. The van der Waals surface area contributed by atoms with E-state index in [1.807, 2.05) is 0 Å². The molecule has 2 heterocycles. The van der Waals surface area contributed by atoms with E-state index in [0.29, 0.717) is 9.96 Å². The van der Waals surface area contributed by atoms with Crippen molar-refractivity contribution in [2.24, 2.45) is 0 Å². The molecule has 4 rings (SSSR count). The van der Waals surface area contributed by atoms with E-state index in [0.717, 1.165) is 5.22 Å². The van der Waals surface area contributed by atoms with E-state index in [2.05, 4.69) is 0 Å². The summed E-state index contributed by atoms with van der Waals surface area (Å²) in [4.78, 5) is 10.6. The van der Waals surface area contributed by atoms with Gasteiger partial charge in [-0.15, -0.1) is 4.74 Å². The third-order valence-corrected chi connectivity index (χ3v) is 3.89. The minimum absolute atomic E-state index is 0.0134. The molecule has 2 aromatic rings. The fourth-order valence-corrected chi connectivity index (χ4v) is 2.92. The van der Waals surface area contributed by atoms with Gasteiger partial charge in [0.1, 0.15) is 6.20 Å². The van der Waals surface area contributed by atoms with Crippen LogP contribution in [0.5, 0.6) is 0 Å². The number of hydrogen-bond donors (Lipinski definition) is 0. The summed E-state index contributed by atoms with van der Waals surface area (Å²) in [6.07, 6.45) is 2.81. The highest BCUT2D eigenvalue weighted by atomic mass is 16.6. The summed E-state index contributed by atoms with van der Waals surface area (Å²) in [5, 5.41) is 38.3. The molecule has 0 N–H and O–H groups in total. The average molecular weight is 295 g/mol. The summed E-state index contributed by atoms with van der Waals surface area (Å²) >= 11 is 0. The van der Waals surface area contributed by atoms with Gasteiger partial charge in [0.25, 0.3) is 11.4 Å². The van der Waals surface area contributed by atoms with Crippen molar-refractivity contribution in [3.05, 3.63) is 73.4 Å². The summed E-state index contributed by atoms with van der Waals surface area (Å²) in [5.41, 5.74) is -0.491. The third-order valence-electron chi connectivity index (χ3n) is 3.89. The number of fused-ring (bicyclic) bond motifs is 4. The molecule has 0 radical (unpaired) electrons. The van der Waals surface area contributed by atoms with Crippen LogP contribution in [0, 0.1) is 20.5 Å². The lowest BCUT2D eigenvalue weighted by atomic mass is 10.1. The molecule has 2 aliphatic rings. The maximum Gasteiger partial charge on any atom is 0.391 e. The molecule has 7 nitrogen and oxygen atoms in total. The zero-order valence-electron chi connectivity index (χ0n) is 11.2. The van der Waals surface area contributed by atoms with Gasteiger partial charge in [-0.2, -0.15) is 4.65 Å². The molecule has 0 spiro atoms. The average Bonchev–Trinajstić information content (AvgIpc) is 2.73. The van der Waals surface area contributed by atoms with Gasteiger partial charge in [-0.05, 0) is 17.4 Å². The highest BCUT2D eigenvalue weighted by molar-refractivity contribution is 6.19. The van der Waals surface area contributed by atoms with Crippen molar-refractivity contribution in [1.29, 1.82) is 0 Å². The first-order chi connectivity index (χ1) is 10.5. The van der Waals surface area contributed by atoms with Crippen LogP contribution in [0.3, 0.4) is 0 Å². The molecular weight excluding hydrogens is 286 g/mol. The van der Waals surface area contributed by atoms with Gasteiger partial charge in [-0.25, -0.2) is 0 Å². The number of hydrogen-bond acceptors (Lipinski definition) is 4. The Kier molecular flexibility index (Phi) is 2.31. The van der Waals surface area contributed by atoms with Crippen molar-refractivity contribution in [3.8, 4) is 0 Å². The van der Waals surface area contributed by atoms with E-state index in [4.69, 9.17) is 0 Å². The Bertz CT molecular complexity index is 996. The Morgan fingerprint density at radius 2 is 1.77 bits per heavy atom. The molecule has 0 amide bonds. The number of hydroxylamine groups is 2. The molecule has 0 aliphatic carbocycles.